The van der Waals surface area contributed by atoms with Gasteiger partial charge in [0.25, 0.3) is 0 Å². The summed E-state index contributed by atoms with van der Waals surface area (Å²) in [5.41, 5.74) is 9.70. The van der Waals surface area contributed by atoms with Crippen molar-refractivity contribution in [3.8, 4) is 0 Å². The van der Waals surface area contributed by atoms with Crippen LogP contribution in [-0.4, -0.2) is 5.84 Å². The Morgan fingerprint density at radius 2 is 1.69 bits per heavy atom. The van der Waals surface area contributed by atoms with E-state index >= 15 is 0 Å². The summed E-state index contributed by atoms with van der Waals surface area (Å²) in [4.78, 5) is 0. The van der Waals surface area contributed by atoms with Crippen LogP contribution in [0.4, 0.5) is 0 Å². The van der Waals surface area contributed by atoms with Crippen molar-refractivity contribution >= 4 is 11.4 Å². The Hall–Kier alpha value is -3.27. The Morgan fingerprint density at radius 3 is 2.31 bits per heavy atom. The molecule has 168 valence electrons. The predicted octanol–water partition coefficient (Wildman–Crippen LogP) is 7.44. The molecule has 0 fully saturated rings. The van der Waals surface area contributed by atoms with E-state index in [0.717, 1.165) is 17.5 Å². The molecule has 3 rings (SSSR count). The third-order valence-electron chi connectivity index (χ3n) is 6.10. The van der Waals surface area contributed by atoms with Crippen LogP contribution in [0.3, 0.4) is 0 Å². The lowest BCUT2D eigenvalue weighted by atomic mass is 9.80. The second-order valence-electron chi connectivity index (χ2n) is 8.86. The van der Waals surface area contributed by atoms with E-state index in [9.17, 15) is 0 Å². The number of benzene rings is 2. The van der Waals surface area contributed by atoms with Gasteiger partial charge in [0.2, 0.25) is 0 Å². The molecule has 0 aliphatic heterocycles. The van der Waals surface area contributed by atoms with Crippen LogP contribution in [0.25, 0.3) is 5.57 Å². The molecule has 32 heavy (non-hydrogen) atoms. The van der Waals surface area contributed by atoms with Gasteiger partial charge in [0, 0.05) is 11.0 Å². The van der Waals surface area contributed by atoms with Crippen LogP contribution in [0.15, 0.2) is 76.6 Å². The topological polar surface area (TPSA) is 74.6 Å². The number of nitrogens with one attached hydrogen (secondary N) is 1. The molecule has 0 heterocycles. The second kappa shape index (κ2) is 10.9. The van der Waals surface area contributed by atoms with Crippen LogP contribution in [0.5, 0.6) is 0 Å². The highest BCUT2D eigenvalue weighted by Crippen LogP contribution is 2.37. The van der Waals surface area contributed by atoms with Crippen molar-refractivity contribution in [2.75, 3.05) is 0 Å². The summed E-state index contributed by atoms with van der Waals surface area (Å²) in [6.07, 6.45) is 9.62. The van der Waals surface area contributed by atoms with Gasteiger partial charge in [-0.3, -0.25) is 5.41 Å². The number of aryl methyl sites for hydroxylation is 4. The van der Waals surface area contributed by atoms with Gasteiger partial charge < -0.3 is 5.84 Å². The van der Waals surface area contributed by atoms with E-state index in [4.69, 9.17) is 11.3 Å². The van der Waals surface area contributed by atoms with E-state index in [1.807, 2.05) is 18.2 Å². The van der Waals surface area contributed by atoms with Gasteiger partial charge in [-0.1, -0.05) is 91.8 Å². The molecule has 1 aliphatic carbocycles. The minimum Gasteiger partial charge on any atom is -0.305 e. The molecule has 0 spiro atoms. The maximum atomic E-state index is 7.90. The molecule has 0 saturated carbocycles. The lowest BCUT2D eigenvalue weighted by Crippen LogP contribution is -2.10. The van der Waals surface area contributed by atoms with Crippen molar-refractivity contribution < 1.29 is 0 Å². The van der Waals surface area contributed by atoms with Crippen molar-refractivity contribution in [2.24, 2.45) is 21.6 Å². The van der Waals surface area contributed by atoms with E-state index in [1.54, 1.807) is 0 Å². The largest absolute Gasteiger partial charge is 0.305 e. The summed E-state index contributed by atoms with van der Waals surface area (Å²) in [7, 11) is 0. The Bertz CT molecular complexity index is 1100. The number of hydrogen-bond donors (Lipinski definition) is 2. The molecule has 0 radical (unpaired) electrons. The molecular weight excluding hydrogens is 392 g/mol. The van der Waals surface area contributed by atoms with Gasteiger partial charge in [-0.05, 0) is 68.0 Å². The van der Waals surface area contributed by atoms with Gasteiger partial charge in [0.15, 0.2) is 5.84 Å². The Labute approximate surface area is 193 Å². The highest BCUT2D eigenvalue weighted by Gasteiger charge is 2.22. The van der Waals surface area contributed by atoms with E-state index in [0.29, 0.717) is 5.56 Å². The molecule has 4 nitrogen and oxygen atoms in total. The SMILES string of the molecule is CC1=C(c2cc(C(=N)N=NN)ccc2C)C=CC=CC1(C)C.CCc1ccc(C)cc1C. The van der Waals surface area contributed by atoms with Gasteiger partial charge >= 0.3 is 0 Å². The van der Waals surface area contributed by atoms with E-state index in [-0.39, 0.29) is 11.3 Å². The van der Waals surface area contributed by atoms with Crippen molar-refractivity contribution in [3.05, 3.63) is 99.7 Å². The first-order chi connectivity index (χ1) is 15.1. The summed E-state index contributed by atoms with van der Waals surface area (Å²) in [6.45, 7) is 15.1. The van der Waals surface area contributed by atoms with Crippen LogP contribution < -0.4 is 5.84 Å². The molecule has 0 atom stereocenters. The minimum atomic E-state index is -0.00818. The first-order valence-electron chi connectivity index (χ1n) is 11.0. The third-order valence-corrected chi connectivity index (χ3v) is 6.10. The molecule has 0 amide bonds. The molecule has 4 heteroatoms. The maximum Gasteiger partial charge on any atom is 0.176 e. The summed E-state index contributed by atoms with van der Waals surface area (Å²) in [6, 6.07) is 12.5. The van der Waals surface area contributed by atoms with E-state index < -0.39 is 0 Å². The number of rotatable bonds is 3. The van der Waals surface area contributed by atoms with Crippen LogP contribution in [0.1, 0.15) is 61.1 Å². The maximum absolute atomic E-state index is 7.90. The average molecular weight is 429 g/mol. The first-order valence-corrected chi connectivity index (χ1v) is 11.0. The molecule has 2 aromatic carbocycles. The molecule has 0 unspecified atom stereocenters. The first kappa shape index (κ1) is 25.0. The highest BCUT2D eigenvalue weighted by atomic mass is 15.3. The minimum absolute atomic E-state index is 0.00818. The monoisotopic (exact) mass is 428 g/mol. The summed E-state index contributed by atoms with van der Waals surface area (Å²) < 4.78 is 0. The third kappa shape index (κ3) is 6.13. The molecule has 0 saturated heterocycles. The summed E-state index contributed by atoms with van der Waals surface area (Å²) in [5.74, 6) is 5.11. The van der Waals surface area contributed by atoms with Crippen LogP contribution in [0, 0.1) is 31.6 Å². The van der Waals surface area contributed by atoms with Gasteiger partial charge in [-0.2, -0.15) is 0 Å². The standard InChI is InChI=1S/C18H22N4.C10H14/c1-12-8-9-14(17(19)21-22-20)11-16(12)15-7-5-6-10-18(3,4)13(15)2;1-4-10-6-5-8(2)7-9(10)3/h5-11H,1-4H3,(H3,19,20,21);5-7H,4H2,1-3H3. The van der Waals surface area contributed by atoms with Gasteiger partial charge in [-0.25, -0.2) is 0 Å². The average Bonchev–Trinajstić information content (AvgIpc) is 2.87. The fourth-order valence-electron chi connectivity index (χ4n) is 3.75. The number of nitrogens with two attached hydrogens (primary N) is 1. The summed E-state index contributed by atoms with van der Waals surface area (Å²) >= 11 is 0. The molecule has 2 aromatic rings. The normalized spacial score (nSPS) is 14.8. The zero-order valence-electron chi connectivity index (χ0n) is 20.5. The fourth-order valence-corrected chi connectivity index (χ4v) is 3.75. The number of allylic oxidation sites excluding steroid dienone is 6. The van der Waals surface area contributed by atoms with Crippen molar-refractivity contribution in [1.82, 2.24) is 0 Å². The lowest BCUT2D eigenvalue weighted by molar-refractivity contribution is 0.583. The number of amidine groups is 1. The molecule has 1 aliphatic rings. The van der Waals surface area contributed by atoms with Crippen LogP contribution in [-0.2, 0) is 6.42 Å². The predicted molar refractivity (Wildman–Crippen MR) is 137 cm³/mol. The Kier molecular flexibility index (Phi) is 8.48. The lowest BCUT2D eigenvalue weighted by Gasteiger charge is -2.24. The molecular formula is C28H36N4. The smallest absolute Gasteiger partial charge is 0.176 e. The molecule has 3 N–H and O–H groups in total. The zero-order valence-corrected chi connectivity index (χ0v) is 20.5. The van der Waals surface area contributed by atoms with Crippen LogP contribution >= 0.6 is 0 Å². The van der Waals surface area contributed by atoms with Gasteiger partial charge in [0.1, 0.15) is 0 Å². The fraction of sp³-hybridized carbons (Fsp3) is 0.321. The molecule has 0 aromatic heterocycles. The zero-order chi connectivity index (χ0) is 23.9. The van der Waals surface area contributed by atoms with Gasteiger partial charge in [-0.15, -0.1) is 5.11 Å². The van der Waals surface area contributed by atoms with E-state index in [2.05, 4.69) is 101 Å². The number of hydrogen-bond acceptors (Lipinski definition) is 2. The van der Waals surface area contributed by atoms with E-state index in [1.165, 1.54) is 27.8 Å². The quantitative estimate of drug-likeness (QED) is 0.172. The van der Waals surface area contributed by atoms with Gasteiger partial charge in [0.05, 0.1) is 0 Å². The Balaban J connectivity index is 0.000000303. The number of nitrogens with zero attached hydrogens (tertiary/aromatic N) is 2. The van der Waals surface area contributed by atoms with Crippen LogP contribution in [0.2, 0.25) is 0 Å². The highest BCUT2D eigenvalue weighted by molar-refractivity contribution is 5.98. The summed E-state index contributed by atoms with van der Waals surface area (Å²) in [5, 5.41) is 14.7. The van der Waals surface area contributed by atoms with Crippen molar-refractivity contribution in [1.29, 1.82) is 5.41 Å². The van der Waals surface area contributed by atoms with Crippen molar-refractivity contribution in [2.45, 2.75) is 54.9 Å². The second-order valence-corrected chi connectivity index (χ2v) is 8.86. The van der Waals surface area contributed by atoms with Crippen molar-refractivity contribution in [3.63, 3.8) is 0 Å². The molecule has 0 bridgehead atoms. The Morgan fingerprint density at radius 1 is 0.969 bits per heavy atom.